The Balaban J connectivity index is -0.0000000819. The molecule has 1 aromatic carbocycles. The van der Waals surface area contributed by atoms with Gasteiger partial charge in [-0.3, -0.25) is 0 Å². The third-order valence-electron chi connectivity index (χ3n) is 1.11. The van der Waals surface area contributed by atoms with Crippen LogP contribution < -0.4 is 0 Å². The number of benzene rings is 1. The first kappa shape index (κ1) is 26.2. The van der Waals surface area contributed by atoms with E-state index in [0.29, 0.717) is 0 Å². The fourth-order valence-electron chi connectivity index (χ4n) is 0.609. The van der Waals surface area contributed by atoms with Crippen LogP contribution in [0.2, 0.25) is 0 Å². The van der Waals surface area contributed by atoms with Gasteiger partial charge in [0.1, 0.15) is 0 Å². The Bertz CT molecular complexity index is 213. The normalized spacial score (nSPS) is 6.89. The van der Waals surface area contributed by atoms with E-state index in [1.165, 1.54) is 0 Å². The minimum atomic E-state index is -1.05. The Morgan fingerprint density at radius 3 is 0.889 bits per heavy atom. The van der Waals surface area contributed by atoms with Crippen LogP contribution in [0, 0.1) is 13.3 Å². The van der Waals surface area contributed by atoms with Crippen LogP contribution in [0.5, 0.6) is 0 Å². The molecule has 0 aliphatic carbocycles. The molecule has 1 rings (SSSR count). The van der Waals surface area contributed by atoms with Crippen molar-refractivity contribution in [2.45, 2.75) is 0 Å². The van der Waals surface area contributed by atoms with E-state index in [2.05, 4.69) is 26.9 Å². The van der Waals surface area contributed by atoms with Crippen molar-refractivity contribution in [1.29, 1.82) is 0 Å². The van der Waals surface area contributed by atoms with Gasteiger partial charge in [0.05, 0.1) is 0 Å². The van der Waals surface area contributed by atoms with E-state index in [1.807, 2.05) is 36.4 Å². The Hall–Kier alpha value is -0.458. The van der Waals surface area contributed by atoms with Gasteiger partial charge >= 0.3 is 31.2 Å². The quantitative estimate of drug-likeness (QED) is 0.490. The van der Waals surface area contributed by atoms with Crippen molar-refractivity contribution in [3.05, 3.63) is 49.7 Å². The maximum absolute atomic E-state index is 7.50. The fourth-order valence-corrected chi connectivity index (χ4v) is 1.06. The van der Waals surface area contributed by atoms with Gasteiger partial charge in [0.15, 0.2) is 0 Å². The molecule has 18 heavy (non-hydrogen) atoms. The predicted octanol–water partition coefficient (Wildman–Crippen LogP) is 2.76. The molecule has 0 atom stereocenters. The number of hydrogen-bond acceptors (Lipinski definition) is 3. The Labute approximate surface area is 120 Å². The van der Waals surface area contributed by atoms with Crippen molar-refractivity contribution >= 4 is 8.60 Å². The summed E-state index contributed by atoms with van der Waals surface area (Å²) < 4.78 is 29.0. The van der Waals surface area contributed by atoms with Gasteiger partial charge < -0.3 is 13.6 Å². The molecular formula is C11H15CrO5P. The molecule has 0 aromatic heterocycles. The second-order valence-electron chi connectivity index (χ2n) is 1.93. The Morgan fingerprint density at radius 2 is 0.833 bits per heavy atom. The van der Waals surface area contributed by atoms with E-state index in [-0.39, 0.29) is 17.4 Å². The van der Waals surface area contributed by atoms with Gasteiger partial charge in [-0.2, -0.15) is 0 Å². The molecule has 0 N–H and O–H groups in total. The molecule has 0 unspecified atom stereocenters. The number of hydrogen-bond donors (Lipinski definition) is 0. The summed E-state index contributed by atoms with van der Waals surface area (Å²) in [5.74, 6) is 0. The molecule has 0 spiro atoms. The third-order valence-corrected chi connectivity index (χ3v) is 2.01. The van der Waals surface area contributed by atoms with Crippen LogP contribution in [-0.2, 0) is 40.2 Å². The van der Waals surface area contributed by atoms with Gasteiger partial charge in [0.25, 0.3) is 0 Å². The largest absolute Gasteiger partial charge is 0.0623 e. The monoisotopic (exact) mass is 310 g/mol. The van der Waals surface area contributed by atoms with Crippen LogP contribution in [0.3, 0.4) is 0 Å². The predicted molar refractivity (Wildman–Crippen MR) is 62.2 cm³/mol. The van der Waals surface area contributed by atoms with Crippen molar-refractivity contribution in [1.82, 2.24) is 0 Å². The van der Waals surface area contributed by atoms with Crippen LogP contribution in [-0.4, -0.2) is 21.3 Å². The SMILES string of the molecule is COP(OC)OC.[C-]#[O+].[C-]#[O+].[Cr].c1ccccc1. The first-order chi connectivity index (χ1) is 8.35. The van der Waals surface area contributed by atoms with Crippen LogP contribution in [0.4, 0.5) is 0 Å². The van der Waals surface area contributed by atoms with Crippen molar-refractivity contribution in [3.8, 4) is 0 Å². The Kier molecular flexibility index (Phi) is 43.6. The molecular weight excluding hydrogens is 295 g/mol. The minimum absolute atomic E-state index is 0. The zero-order valence-electron chi connectivity index (χ0n) is 10.4. The summed E-state index contributed by atoms with van der Waals surface area (Å²) in [6.07, 6.45) is 0. The fraction of sp³-hybridized carbons (Fsp3) is 0.273. The summed E-state index contributed by atoms with van der Waals surface area (Å²) in [5.41, 5.74) is 0. The molecule has 7 heteroatoms. The van der Waals surface area contributed by atoms with E-state index in [9.17, 15) is 0 Å². The Morgan fingerprint density at radius 1 is 0.667 bits per heavy atom. The molecule has 100 valence electrons. The molecule has 0 heterocycles. The summed E-state index contributed by atoms with van der Waals surface area (Å²) >= 11 is 0. The summed E-state index contributed by atoms with van der Waals surface area (Å²) in [6.45, 7) is 9.00. The first-order valence-corrected chi connectivity index (χ1v) is 5.28. The van der Waals surface area contributed by atoms with Gasteiger partial charge in [-0.1, -0.05) is 36.4 Å². The molecule has 5 nitrogen and oxygen atoms in total. The molecule has 0 aliphatic rings. The molecule has 0 radical (unpaired) electrons. The van der Waals surface area contributed by atoms with Gasteiger partial charge in [-0.05, 0) is 0 Å². The second kappa shape index (κ2) is 30.0. The molecule has 0 amide bonds. The first-order valence-electron chi connectivity index (χ1n) is 4.18. The van der Waals surface area contributed by atoms with Crippen molar-refractivity contribution in [2.75, 3.05) is 21.3 Å². The van der Waals surface area contributed by atoms with E-state index in [0.717, 1.165) is 0 Å². The van der Waals surface area contributed by atoms with Crippen molar-refractivity contribution in [2.24, 2.45) is 0 Å². The number of rotatable bonds is 3. The standard InChI is InChI=1S/C6H6.C3H9O3P.2CO.Cr/c1-2-4-6-5-3-1;1-4-7(5-2)6-3;2*1-2;/h1-6H;1-3H3;;;. The van der Waals surface area contributed by atoms with Gasteiger partial charge in [-0.25, -0.2) is 0 Å². The molecule has 0 fully saturated rings. The minimum Gasteiger partial charge on any atom is -0.0623 e. The average Bonchev–Trinajstić information content (AvgIpc) is 2.48. The van der Waals surface area contributed by atoms with E-state index in [4.69, 9.17) is 9.30 Å². The van der Waals surface area contributed by atoms with Crippen LogP contribution in [0.25, 0.3) is 0 Å². The van der Waals surface area contributed by atoms with E-state index < -0.39 is 8.60 Å². The van der Waals surface area contributed by atoms with Gasteiger partial charge in [-0.15, -0.1) is 0 Å². The van der Waals surface area contributed by atoms with Crippen LogP contribution in [0.1, 0.15) is 0 Å². The summed E-state index contributed by atoms with van der Waals surface area (Å²) in [6, 6.07) is 12.0. The second-order valence-corrected chi connectivity index (χ2v) is 3.47. The van der Waals surface area contributed by atoms with Crippen LogP contribution >= 0.6 is 8.60 Å². The smallest absolute Gasteiger partial charge is 0 e. The maximum atomic E-state index is 7.50. The average molecular weight is 310 g/mol. The van der Waals surface area contributed by atoms with E-state index >= 15 is 0 Å². The maximum Gasteiger partial charge on any atom is 0 e. The zero-order valence-corrected chi connectivity index (χ0v) is 12.5. The van der Waals surface area contributed by atoms with E-state index in [1.54, 1.807) is 21.3 Å². The molecule has 0 bridgehead atoms. The summed E-state index contributed by atoms with van der Waals surface area (Å²) in [7, 11) is 3.57. The topological polar surface area (TPSA) is 67.5 Å². The zero-order chi connectivity index (χ0) is 13.9. The third kappa shape index (κ3) is 24.7. The molecule has 0 saturated carbocycles. The summed E-state index contributed by atoms with van der Waals surface area (Å²) in [5, 5.41) is 0. The van der Waals surface area contributed by atoms with Gasteiger partial charge in [0, 0.05) is 38.7 Å². The van der Waals surface area contributed by atoms with Gasteiger partial charge in [0.2, 0.25) is 0 Å². The molecule has 0 aliphatic heterocycles. The molecule has 1 aromatic rings. The van der Waals surface area contributed by atoms with Crippen LogP contribution in [0.15, 0.2) is 36.4 Å². The summed E-state index contributed by atoms with van der Waals surface area (Å²) in [4.78, 5) is 0. The van der Waals surface area contributed by atoms with Crippen molar-refractivity contribution in [3.63, 3.8) is 0 Å². The van der Waals surface area contributed by atoms with Crippen molar-refractivity contribution < 1.29 is 40.2 Å². The molecule has 0 saturated heterocycles.